The Hall–Kier alpha value is -2.68. The Bertz CT molecular complexity index is 887. The number of aliphatic hydroxyl groups excluding tert-OH is 1. The Labute approximate surface area is 166 Å². The molecule has 0 aliphatic heterocycles. The molecule has 0 saturated heterocycles. The third-order valence-electron chi connectivity index (χ3n) is 4.10. The third kappa shape index (κ3) is 5.91. The zero-order valence-corrected chi connectivity index (χ0v) is 16.0. The first-order chi connectivity index (χ1) is 13.6. The molecule has 0 radical (unpaired) electrons. The van der Waals surface area contributed by atoms with Crippen LogP contribution in [-0.2, 0) is 13.0 Å². The highest BCUT2D eigenvalue weighted by Gasteiger charge is 2.15. The Morgan fingerprint density at radius 2 is 1.82 bits per heavy atom. The quantitative estimate of drug-likeness (QED) is 0.577. The van der Waals surface area contributed by atoms with E-state index in [9.17, 15) is 14.3 Å². The molecule has 146 valence electrons. The molecule has 0 saturated carbocycles. The van der Waals surface area contributed by atoms with Gasteiger partial charge in [-0.25, -0.2) is 4.39 Å². The molecule has 0 unspecified atom stereocenters. The predicted octanol–water partition coefficient (Wildman–Crippen LogP) is 2.97. The summed E-state index contributed by atoms with van der Waals surface area (Å²) in [7, 11) is 0. The predicted molar refractivity (Wildman–Crippen MR) is 107 cm³/mol. The second kappa shape index (κ2) is 10.0. The molecular weight excluding hydrogens is 379 g/mol. The van der Waals surface area contributed by atoms with Crippen LogP contribution >= 0.6 is 11.3 Å². The van der Waals surface area contributed by atoms with Crippen molar-refractivity contribution in [3.05, 3.63) is 76.0 Å². The summed E-state index contributed by atoms with van der Waals surface area (Å²) >= 11 is 1.21. The molecule has 2 N–H and O–H groups in total. The van der Waals surface area contributed by atoms with Gasteiger partial charge in [-0.05, 0) is 36.2 Å². The van der Waals surface area contributed by atoms with Crippen molar-refractivity contribution in [1.82, 2.24) is 15.1 Å². The van der Waals surface area contributed by atoms with Crippen molar-refractivity contribution in [3.8, 4) is 0 Å². The minimum absolute atomic E-state index is 0.0471. The Morgan fingerprint density at radius 1 is 1.07 bits per heavy atom. The molecular formula is C20H21FN4O2S. The first kappa shape index (κ1) is 20.1. The van der Waals surface area contributed by atoms with E-state index in [0.29, 0.717) is 23.8 Å². The fourth-order valence-corrected chi connectivity index (χ4v) is 3.44. The maximum absolute atomic E-state index is 13.0. The average molecular weight is 400 g/mol. The summed E-state index contributed by atoms with van der Waals surface area (Å²) in [5.41, 5.74) is 1.72. The number of carbonyl (C=O) groups is 1. The molecule has 0 aliphatic carbocycles. The van der Waals surface area contributed by atoms with Gasteiger partial charge in [0.1, 0.15) is 10.8 Å². The molecule has 1 aromatic heterocycles. The van der Waals surface area contributed by atoms with Gasteiger partial charge in [-0.3, -0.25) is 9.69 Å². The zero-order chi connectivity index (χ0) is 19.8. The second-order valence-corrected chi connectivity index (χ2v) is 7.26. The van der Waals surface area contributed by atoms with Crippen molar-refractivity contribution in [3.63, 3.8) is 0 Å². The van der Waals surface area contributed by atoms with Crippen LogP contribution in [0.25, 0.3) is 0 Å². The number of rotatable bonds is 9. The topological polar surface area (TPSA) is 78.4 Å². The summed E-state index contributed by atoms with van der Waals surface area (Å²) < 4.78 is 13.0. The number of amides is 1. The summed E-state index contributed by atoms with van der Waals surface area (Å²) in [6, 6.07) is 15.7. The van der Waals surface area contributed by atoms with Crippen LogP contribution in [0.3, 0.4) is 0 Å². The van der Waals surface area contributed by atoms with E-state index >= 15 is 0 Å². The lowest BCUT2D eigenvalue weighted by Crippen LogP contribution is -2.28. The normalized spacial score (nSPS) is 11.0. The number of halogens is 1. The Morgan fingerprint density at radius 3 is 2.54 bits per heavy atom. The van der Waals surface area contributed by atoms with Crippen LogP contribution in [0.4, 0.5) is 10.1 Å². The molecule has 1 heterocycles. The van der Waals surface area contributed by atoms with Gasteiger partial charge in [0.15, 0.2) is 0 Å². The van der Waals surface area contributed by atoms with Crippen LogP contribution in [0.5, 0.6) is 0 Å². The van der Waals surface area contributed by atoms with E-state index in [2.05, 4.69) is 32.5 Å². The second-order valence-electron chi connectivity index (χ2n) is 6.20. The molecule has 0 aliphatic rings. The van der Waals surface area contributed by atoms with E-state index in [4.69, 9.17) is 0 Å². The number of carbonyl (C=O) groups excluding carboxylic acids is 1. The SMILES string of the molecule is O=C(Nc1ccc(F)cc1)c1nnc(CN(CCO)CCc2ccccc2)s1. The van der Waals surface area contributed by atoms with E-state index in [0.717, 1.165) is 13.0 Å². The molecule has 0 fully saturated rings. The summed E-state index contributed by atoms with van der Waals surface area (Å²) in [5.74, 6) is -0.746. The Kier molecular flexibility index (Phi) is 7.18. The van der Waals surface area contributed by atoms with E-state index in [1.54, 1.807) is 0 Å². The van der Waals surface area contributed by atoms with Crippen LogP contribution in [0, 0.1) is 5.82 Å². The van der Waals surface area contributed by atoms with Gasteiger partial charge in [0, 0.05) is 18.8 Å². The monoisotopic (exact) mass is 400 g/mol. The number of hydrogen-bond donors (Lipinski definition) is 2. The largest absolute Gasteiger partial charge is 0.395 e. The number of benzene rings is 2. The minimum Gasteiger partial charge on any atom is -0.395 e. The van der Waals surface area contributed by atoms with Gasteiger partial charge in [-0.1, -0.05) is 41.7 Å². The summed E-state index contributed by atoms with van der Waals surface area (Å²) in [4.78, 5) is 14.4. The lowest BCUT2D eigenvalue weighted by molar-refractivity contribution is 0.102. The number of hydrogen-bond acceptors (Lipinski definition) is 6. The smallest absolute Gasteiger partial charge is 0.286 e. The molecule has 3 rings (SSSR count). The first-order valence-electron chi connectivity index (χ1n) is 8.90. The van der Waals surface area contributed by atoms with Gasteiger partial charge in [0.05, 0.1) is 13.2 Å². The van der Waals surface area contributed by atoms with Crippen LogP contribution in [0.15, 0.2) is 54.6 Å². The summed E-state index contributed by atoms with van der Waals surface area (Å²) in [6.07, 6.45) is 0.859. The van der Waals surface area contributed by atoms with Crippen LogP contribution in [-0.4, -0.2) is 45.8 Å². The number of aliphatic hydroxyl groups is 1. The number of aromatic nitrogens is 2. The lowest BCUT2D eigenvalue weighted by atomic mass is 10.1. The van der Waals surface area contributed by atoms with Crippen LogP contribution in [0.2, 0.25) is 0 Å². The maximum atomic E-state index is 13.0. The van der Waals surface area contributed by atoms with Gasteiger partial charge in [0.25, 0.3) is 5.91 Å². The zero-order valence-electron chi connectivity index (χ0n) is 15.2. The molecule has 2 aromatic carbocycles. The molecule has 0 atom stereocenters. The standard InChI is InChI=1S/C20H21FN4O2S/c21-16-6-8-17(9-7-16)22-19(27)20-24-23-18(28-20)14-25(12-13-26)11-10-15-4-2-1-3-5-15/h1-9,26H,10-14H2,(H,22,27). The fourth-order valence-electron chi connectivity index (χ4n) is 2.66. The Balaban J connectivity index is 1.57. The molecule has 6 nitrogen and oxygen atoms in total. The van der Waals surface area contributed by atoms with Gasteiger partial charge in [0.2, 0.25) is 5.01 Å². The molecule has 0 spiro atoms. The molecule has 0 bridgehead atoms. The van der Waals surface area contributed by atoms with Crippen molar-refractivity contribution in [2.45, 2.75) is 13.0 Å². The third-order valence-corrected chi connectivity index (χ3v) is 5.00. The summed E-state index contributed by atoms with van der Waals surface area (Å²) in [5, 5.41) is 21.0. The van der Waals surface area contributed by atoms with Gasteiger partial charge < -0.3 is 10.4 Å². The minimum atomic E-state index is -0.381. The van der Waals surface area contributed by atoms with Crippen molar-refractivity contribution in [1.29, 1.82) is 0 Å². The number of nitrogens with zero attached hydrogens (tertiary/aromatic N) is 3. The highest BCUT2D eigenvalue weighted by atomic mass is 32.1. The maximum Gasteiger partial charge on any atom is 0.286 e. The highest BCUT2D eigenvalue weighted by Crippen LogP contribution is 2.16. The lowest BCUT2D eigenvalue weighted by Gasteiger charge is -2.19. The van der Waals surface area contributed by atoms with E-state index in [1.165, 1.54) is 41.2 Å². The number of anilines is 1. The van der Waals surface area contributed by atoms with Crippen LogP contribution in [0.1, 0.15) is 20.4 Å². The van der Waals surface area contributed by atoms with Gasteiger partial charge in [-0.2, -0.15) is 0 Å². The van der Waals surface area contributed by atoms with Crippen molar-refractivity contribution in [2.75, 3.05) is 25.0 Å². The van der Waals surface area contributed by atoms with Crippen molar-refractivity contribution < 1.29 is 14.3 Å². The molecule has 8 heteroatoms. The van der Waals surface area contributed by atoms with Crippen molar-refractivity contribution in [2.24, 2.45) is 0 Å². The number of nitrogens with one attached hydrogen (secondary N) is 1. The highest BCUT2D eigenvalue weighted by molar-refractivity contribution is 7.13. The van der Waals surface area contributed by atoms with E-state index in [-0.39, 0.29) is 23.3 Å². The van der Waals surface area contributed by atoms with Crippen molar-refractivity contribution >= 4 is 22.9 Å². The first-order valence-corrected chi connectivity index (χ1v) is 9.72. The summed E-state index contributed by atoms with van der Waals surface area (Å²) in [6.45, 7) is 1.84. The average Bonchev–Trinajstić information content (AvgIpc) is 3.18. The molecule has 3 aromatic rings. The van der Waals surface area contributed by atoms with Crippen LogP contribution < -0.4 is 5.32 Å². The van der Waals surface area contributed by atoms with Gasteiger partial charge in [-0.15, -0.1) is 10.2 Å². The van der Waals surface area contributed by atoms with E-state index in [1.807, 2.05) is 18.2 Å². The van der Waals surface area contributed by atoms with Gasteiger partial charge >= 0.3 is 0 Å². The fraction of sp³-hybridized carbons (Fsp3) is 0.250. The molecule has 28 heavy (non-hydrogen) atoms. The van der Waals surface area contributed by atoms with E-state index < -0.39 is 0 Å². The molecule has 1 amide bonds.